The Bertz CT molecular complexity index is 1390. The molecule has 0 aromatic heterocycles. The van der Waals surface area contributed by atoms with Crippen molar-refractivity contribution in [2.75, 3.05) is 13.2 Å². The monoisotopic (exact) mass is 885 g/mol. The van der Waals surface area contributed by atoms with Crippen LogP contribution in [0.5, 0.6) is 0 Å². The number of ether oxygens (including phenoxy) is 3. The maximum atomic E-state index is 12.8. The minimum absolute atomic E-state index is 0.110. The summed E-state index contributed by atoms with van der Waals surface area (Å²) in [5.74, 6) is -0.989. The highest BCUT2D eigenvalue weighted by atomic mass is 16.6. The van der Waals surface area contributed by atoms with Crippen LogP contribution in [0.25, 0.3) is 0 Å². The second-order valence-electron chi connectivity index (χ2n) is 16.5. The maximum Gasteiger partial charge on any atom is 0.306 e. The predicted octanol–water partition coefficient (Wildman–Crippen LogP) is 16.9. The Hall–Kier alpha value is -4.19. The third kappa shape index (κ3) is 48.8. The minimum Gasteiger partial charge on any atom is -0.462 e. The molecular weight excluding hydrogens is 793 g/mol. The molecule has 360 valence electrons. The summed E-state index contributed by atoms with van der Waals surface area (Å²) in [5.41, 5.74) is 0. The first-order valence-electron chi connectivity index (χ1n) is 25.7. The zero-order valence-corrected chi connectivity index (χ0v) is 41.0. The van der Waals surface area contributed by atoms with E-state index in [1.54, 1.807) is 0 Å². The van der Waals surface area contributed by atoms with E-state index in [4.69, 9.17) is 14.2 Å². The first-order chi connectivity index (χ1) is 31.5. The summed E-state index contributed by atoms with van der Waals surface area (Å²) >= 11 is 0. The van der Waals surface area contributed by atoms with Gasteiger partial charge >= 0.3 is 17.9 Å². The van der Waals surface area contributed by atoms with Gasteiger partial charge in [-0.05, 0) is 83.5 Å². The zero-order chi connectivity index (χ0) is 46.5. The summed E-state index contributed by atoms with van der Waals surface area (Å²) in [6, 6.07) is 0. The molecule has 0 aromatic rings. The quantitative estimate of drug-likeness (QED) is 0.0262. The van der Waals surface area contributed by atoms with Gasteiger partial charge in [0.15, 0.2) is 6.10 Å². The molecule has 0 aromatic carbocycles. The third-order valence-corrected chi connectivity index (χ3v) is 10.4. The van der Waals surface area contributed by atoms with E-state index in [0.29, 0.717) is 19.3 Å². The molecule has 0 aliphatic rings. The SMILES string of the molecule is CC/C=C/C=C/C=C/C=C/CCCCCC(=O)OCC(COC(=O)CCCCCCC/C=C/C=C/C=C/CCCCCCC)OC(=O)CCCCCCCCC/C=C/C=C/C=C/CC. The first-order valence-corrected chi connectivity index (χ1v) is 25.7. The fourth-order valence-corrected chi connectivity index (χ4v) is 6.57. The van der Waals surface area contributed by atoms with E-state index in [2.05, 4.69) is 106 Å². The molecule has 6 nitrogen and oxygen atoms in total. The lowest BCUT2D eigenvalue weighted by atomic mass is 10.1. The molecule has 0 saturated carbocycles. The molecule has 0 rings (SSSR count). The zero-order valence-electron chi connectivity index (χ0n) is 41.0. The van der Waals surface area contributed by atoms with Crippen molar-refractivity contribution >= 4 is 17.9 Å². The molecule has 0 amide bonds. The Morgan fingerprint density at radius 3 is 0.969 bits per heavy atom. The van der Waals surface area contributed by atoms with Crippen molar-refractivity contribution in [3.05, 3.63) is 122 Å². The van der Waals surface area contributed by atoms with Gasteiger partial charge in [0.1, 0.15) is 13.2 Å². The number of carbonyl (C=O) groups is 3. The van der Waals surface area contributed by atoms with Crippen LogP contribution in [0.15, 0.2) is 122 Å². The van der Waals surface area contributed by atoms with Gasteiger partial charge in [-0.1, -0.05) is 226 Å². The summed E-state index contributed by atoms with van der Waals surface area (Å²) in [6.45, 7) is 6.27. The number of hydrogen-bond donors (Lipinski definition) is 0. The van der Waals surface area contributed by atoms with Crippen LogP contribution in [0.1, 0.15) is 207 Å². The van der Waals surface area contributed by atoms with Crippen molar-refractivity contribution in [3.8, 4) is 0 Å². The molecule has 6 heteroatoms. The van der Waals surface area contributed by atoms with Crippen LogP contribution in [0.4, 0.5) is 0 Å². The van der Waals surface area contributed by atoms with Crippen LogP contribution >= 0.6 is 0 Å². The number of hydrogen-bond acceptors (Lipinski definition) is 6. The van der Waals surface area contributed by atoms with Crippen molar-refractivity contribution in [2.45, 2.75) is 213 Å². The van der Waals surface area contributed by atoms with E-state index in [0.717, 1.165) is 116 Å². The first kappa shape index (κ1) is 59.8. The standard InChI is InChI=1S/C58H92O6/c1-4-7-10-13-16-19-22-25-27-28-29-31-33-36-39-42-45-48-51-57(60)63-54-55(53-62-56(59)50-47-44-41-38-35-32-24-21-18-15-12-9-6-3)64-58(61)52-49-46-43-40-37-34-30-26-23-20-17-14-11-8-5-2/h8-9,11-12,14-15,17-18,20-25,27-29,31-32,35,55H,4-7,10,13,16,19,26,30,33-34,36-54H2,1-3H3/b11-8+,12-9+,17-14+,18-15+,23-20+,24-21+,25-22+,28-27+,31-29+,35-32+. The molecule has 0 bridgehead atoms. The molecule has 0 spiro atoms. The largest absolute Gasteiger partial charge is 0.462 e. The van der Waals surface area contributed by atoms with Gasteiger partial charge in [0.05, 0.1) is 0 Å². The molecular formula is C58H92O6. The smallest absolute Gasteiger partial charge is 0.306 e. The Labute approximate surface area is 392 Å². The second kappa shape index (κ2) is 51.4. The average molecular weight is 885 g/mol. The van der Waals surface area contributed by atoms with Crippen molar-refractivity contribution < 1.29 is 28.6 Å². The molecule has 0 aliphatic heterocycles. The predicted molar refractivity (Wildman–Crippen MR) is 274 cm³/mol. The van der Waals surface area contributed by atoms with Crippen molar-refractivity contribution in [3.63, 3.8) is 0 Å². The van der Waals surface area contributed by atoms with Crippen LogP contribution < -0.4 is 0 Å². The van der Waals surface area contributed by atoms with Gasteiger partial charge in [0.2, 0.25) is 0 Å². The topological polar surface area (TPSA) is 78.9 Å². The van der Waals surface area contributed by atoms with Crippen LogP contribution in [0, 0.1) is 0 Å². The number of carbonyl (C=O) groups excluding carboxylic acids is 3. The lowest BCUT2D eigenvalue weighted by Crippen LogP contribution is -2.30. The van der Waals surface area contributed by atoms with Gasteiger partial charge in [-0.3, -0.25) is 14.4 Å². The van der Waals surface area contributed by atoms with E-state index in [1.165, 1.54) is 51.4 Å². The van der Waals surface area contributed by atoms with Crippen molar-refractivity contribution in [1.29, 1.82) is 0 Å². The number of unbranched alkanes of at least 4 members (excludes halogenated alkanes) is 20. The molecule has 0 radical (unpaired) electrons. The third-order valence-electron chi connectivity index (χ3n) is 10.4. The van der Waals surface area contributed by atoms with Gasteiger partial charge in [-0.2, -0.15) is 0 Å². The Morgan fingerprint density at radius 1 is 0.328 bits per heavy atom. The maximum absolute atomic E-state index is 12.8. The molecule has 0 heterocycles. The molecule has 0 fully saturated rings. The summed E-state index contributed by atoms with van der Waals surface area (Å²) in [6.07, 6.45) is 70.3. The molecule has 1 unspecified atom stereocenters. The fraction of sp³-hybridized carbons (Fsp3) is 0.603. The molecule has 0 aliphatic carbocycles. The lowest BCUT2D eigenvalue weighted by molar-refractivity contribution is -0.167. The highest BCUT2D eigenvalue weighted by molar-refractivity contribution is 5.71. The fourth-order valence-electron chi connectivity index (χ4n) is 6.57. The van der Waals surface area contributed by atoms with E-state index in [9.17, 15) is 14.4 Å². The number of rotatable bonds is 44. The molecule has 0 saturated heterocycles. The Morgan fingerprint density at radius 2 is 0.609 bits per heavy atom. The van der Waals surface area contributed by atoms with Crippen LogP contribution in [-0.2, 0) is 28.6 Å². The van der Waals surface area contributed by atoms with E-state index < -0.39 is 6.10 Å². The van der Waals surface area contributed by atoms with Gasteiger partial charge < -0.3 is 14.2 Å². The molecule has 64 heavy (non-hydrogen) atoms. The van der Waals surface area contributed by atoms with Crippen molar-refractivity contribution in [1.82, 2.24) is 0 Å². The average Bonchev–Trinajstić information content (AvgIpc) is 3.29. The summed E-state index contributed by atoms with van der Waals surface area (Å²) < 4.78 is 16.7. The van der Waals surface area contributed by atoms with E-state index >= 15 is 0 Å². The van der Waals surface area contributed by atoms with E-state index in [1.807, 2.05) is 36.5 Å². The normalized spacial score (nSPS) is 13.1. The van der Waals surface area contributed by atoms with Gasteiger partial charge in [0, 0.05) is 19.3 Å². The van der Waals surface area contributed by atoms with Crippen LogP contribution in [0.3, 0.4) is 0 Å². The number of esters is 3. The highest BCUT2D eigenvalue weighted by Crippen LogP contribution is 2.13. The second-order valence-corrected chi connectivity index (χ2v) is 16.5. The Kier molecular flexibility index (Phi) is 48.1. The summed E-state index contributed by atoms with van der Waals surface area (Å²) in [7, 11) is 0. The summed E-state index contributed by atoms with van der Waals surface area (Å²) in [5, 5.41) is 0. The van der Waals surface area contributed by atoms with E-state index in [-0.39, 0.29) is 31.1 Å². The summed E-state index contributed by atoms with van der Waals surface area (Å²) in [4.78, 5) is 38.0. The van der Waals surface area contributed by atoms with Gasteiger partial charge in [-0.15, -0.1) is 0 Å². The molecule has 1 atom stereocenters. The lowest BCUT2D eigenvalue weighted by Gasteiger charge is -2.18. The highest BCUT2D eigenvalue weighted by Gasteiger charge is 2.19. The van der Waals surface area contributed by atoms with Gasteiger partial charge in [-0.25, -0.2) is 0 Å². The van der Waals surface area contributed by atoms with Crippen molar-refractivity contribution in [2.24, 2.45) is 0 Å². The Balaban J connectivity index is 4.51. The van der Waals surface area contributed by atoms with Crippen LogP contribution in [0.2, 0.25) is 0 Å². The minimum atomic E-state index is -0.812. The van der Waals surface area contributed by atoms with Crippen LogP contribution in [-0.4, -0.2) is 37.2 Å². The number of allylic oxidation sites excluding steroid dienone is 20. The van der Waals surface area contributed by atoms with Gasteiger partial charge in [0.25, 0.3) is 0 Å². The molecule has 0 N–H and O–H groups in total.